The van der Waals surface area contributed by atoms with Crippen molar-refractivity contribution in [2.45, 2.75) is 25.0 Å². The Labute approximate surface area is 238 Å². The van der Waals surface area contributed by atoms with Gasteiger partial charge in [0.15, 0.2) is 0 Å². The minimum Gasteiger partial charge on any atom is -0.489 e. The lowest BCUT2D eigenvalue weighted by molar-refractivity contribution is 0.185. The third kappa shape index (κ3) is 5.16. The molecule has 194 valence electrons. The van der Waals surface area contributed by atoms with Gasteiger partial charge < -0.3 is 9.47 Å². The molecule has 9 heteroatoms. The van der Waals surface area contributed by atoms with Gasteiger partial charge in [-0.2, -0.15) is 0 Å². The van der Waals surface area contributed by atoms with Crippen LogP contribution in [0.4, 0.5) is 0 Å². The van der Waals surface area contributed by atoms with E-state index in [1.165, 1.54) is 3.97 Å². The van der Waals surface area contributed by atoms with Crippen LogP contribution in [0.15, 0.2) is 87.3 Å². The number of halogens is 2. The third-order valence-electron chi connectivity index (χ3n) is 6.21. The first-order valence-electron chi connectivity index (χ1n) is 11.8. The molecular formula is C29H24Br2N2O4S. The van der Waals surface area contributed by atoms with Crippen molar-refractivity contribution in [1.82, 2.24) is 8.96 Å². The molecule has 3 aromatic carbocycles. The standard InChI is InChI=1S/C29H24Br2N2O4S/c1-19-8-11-22(12-9-19)38(34,35)33-26-13-10-21(37-17-20-6-4-3-5-7-20)14-23(26)29-24(18-36-2)25(15-28(30)31)32-16-27(29)33/h3-16H,17-18H2,1-2H3. The number of fused-ring (bicyclic) bond motifs is 3. The first-order chi connectivity index (χ1) is 18.3. The predicted molar refractivity (Wildman–Crippen MR) is 158 cm³/mol. The molecule has 5 rings (SSSR count). The number of ether oxygens (including phenoxy) is 2. The van der Waals surface area contributed by atoms with Gasteiger partial charge in [-0.1, -0.05) is 48.0 Å². The van der Waals surface area contributed by atoms with Crippen LogP contribution in [0.25, 0.3) is 27.9 Å². The molecule has 0 aliphatic carbocycles. The molecule has 0 aliphatic heterocycles. The van der Waals surface area contributed by atoms with Gasteiger partial charge in [-0.15, -0.1) is 0 Å². The number of nitrogens with zero attached hydrogens (tertiary/aromatic N) is 2. The van der Waals surface area contributed by atoms with Crippen LogP contribution in [0.2, 0.25) is 0 Å². The lowest BCUT2D eigenvalue weighted by atomic mass is 10.1. The largest absolute Gasteiger partial charge is 0.489 e. The highest BCUT2D eigenvalue weighted by molar-refractivity contribution is 9.28. The molecule has 0 fully saturated rings. The zero-order chi connectivity index (χ0) is 26.9. The van der Waals surface area contributed by atoms with Crippen LogP contribution in [0, 0.1) is 6.92 Å². The molecule has 0 atom stereocenters. The number of hydrogen-bond donors (Lipinski definition) is 0. The molecule has 0 spiro atoms. The van der Waals surface area contributed by atoms with E-state index in [0.717, 1.165) is 27.5 Å². The van der Waals surface area contributed by atoms with E-state index < -0.39 is 10.0 Å². The number of pyridine rings is 1. The van der Waals surface area contributed by atoms with E-state index in [-0.39, 0.29) is 11.5 Å². The smallest absolute Gasteiger partial charge is 0.268 e. The summed E-state index contributed by atoms with van der Waals surface area (Å²) in [5, 5.41) is 1.47. The molecule has 0 amide bonds. The molecule has 0 saturated heterocycles. The van der Waals surface area contributed by atoms with Gasteiger partial charge in [-0.05, 0) is 80.8 Å². The number of aryl methyl sites for hydroxylation is 1. The maximum atomic E-state index is 14.0. The zero-order valence-electron chi connectivity index (χ0n) is 20.7. The van der Waals surface area contributed by atoms with Crippen molar-refractivity contribution in [3.05, 3.63) is 105 Å². The molecule has 0 saturated carbocycles. The number of benzene rings is 3. The average molecular weight is 656 g/mol. The molecule has 38 heavy (non-hydrogen) atoms. The predicted octanol–water partition coefficient (Wildman–Crippen LogP) is 7.55. The van der Waals surface area contributed by atoms with Gasteiger partial charge in [0.25, 0.3) is 10.0 Å². The highest BCUT2D eigenvalue weighted by Crippen LogP contribution is 2.38. The molecule has 2 aromatic heterocycles. The molecule has 0 unspecified atom stereocenters. The second-order valence-electron chi connectivity index (χ2n) is 8.78. The Morgan fingerprint density at radius 1 is 0.974 bits per heavy atom. The number of hydrogen-bond acceptors (Lipinski definition) is 5. The van der Waals surface area contributed by atoms with Gasteiger partial charge in [0, 0.05) is 23.4 Å². The van der Waals surface area contributed by atoms with Gasteiger partial charge >= 0.3 is 0 Å². The first kappa shape index (κ1) is 26.6. The van der Waals surface area contributed by atoms with Crippen LogP contribution in [0.1, 0.15) is 22.4 Å². The van der Waals surface area contributed by atoms with Crippen LogP contribution in [-0.2, 0) is 28.0 Å². The van der Waals surface area contributed by atoms with Crippen molar-refractivity contribution >= 4 is 69.8 Å². The summed E-state index contributed by atoms with van der Waals surface area (Å²) in [5.41, 5.74) is 4.44. The van der Waals surface area contributed by atoms with Crippen LogP contribution in [-0.4, -0.2) is 24.5 Å². The Hall–Kier alpha value is -2.98. The Morgan fingerprint density at radius 2 is 1.71 bits per heavy atom. The van der Waals surface area contributed by atoms with E-state index in [1.54, 1.807) is 49.7 Å². The van der Waals surface area contributed by atoms with Gasteiger partial charge in [-0.25, -0.2) is 12.4 Å². The fraction of sp³-hybridized carbons (Fsp3) is 0.138. The lowest BCUT2D eigenvalue weighted by Crippen LogP contribution is -2.13. The Balaban J connectivity index is 1.78. The van der Waals surface area contributed by atoms with Gasteiger partial charge in [-0.3, -0.25) is 4.98 Å². The summed E-state index contributed by atoms with van der Waals surface area (Å²) in [6.45, 7) is 2.55. The highest BCUT2D eigenvalue weighted by Gasteiger charge is 2.26. The van der Waals surface area contributed by atoms with Crippen LogP contribution < -0.4 is 4.74 Å². The SMILES string of the molecule is COCc1c(C=C(Br)Br)ncc2c1c1cc(OCc3ccccc3)ccc1n2S(=O)(=O)c1ccc(C)cc1. The number of aromatic nitrogens is 2. The van der Waals surface area contributed by atoms with Crippen molar-refractivity contribution in [3.8, 4) is 5.75 Å². The van der Waals surface area contributed by atoms with Crippen LogP contribution >= 0.6 is 31.9 Å². The summed E-state index contributed by atoms with van der Waals surface area (Å²) < 4.78 is 41.7. The highest BCUT2D eigenvalue weighted by atomic mass is 79.9. The maximum absolute atomic E-state index is 14.0. The zero-order valence-corrected chi connectivity index (χ0v) is 24.7. The Kier molecular flexibility index (Phi) is 7.72. The second-order valence-corrected chi connectivity index (χ2v) is 13.3. The third-order valence-corrected chi connectivity index (χ3v) is 8.41. The summed E-state index contributed by atoms with van der Waals surface area (Å²) in [6, 6.07) is 22.2. The fourth-order valence-electron chi connectivity index (χ4n) is 4.46. The van der Waals surface area contributed by atoms with E-state index in [1.807, 2.05) is 49.4 Å². The number of methoxy groups -OCH3 is 1. The van der Waals surface area contributed by atoms with E-state index in [0.29, 0.717) is 32.5 Å². The molecule has 2 heterocycles. The first-order valence-corrected chi connectivity index (χ1v) is 14.8. The van der Waals surface area contributed by atoms with Gasteiger partial charge in [0.05, 0.1) is 37.8 Å². The normalized spacial score (nSPS) is 11.7. The molecule has 6 nitrogen and oxygen atoms in total. The van der Waals surface area contributed by atoms with Crippen LogP contribution in [0.3, 0.4) is 0 Å². The molecule has 5 aromatic rings. The molecule has 0 aliphatic rings. The summed E-state index contributed by atoms with van der Waals surface area (Å²) >= 11 is 6.83. The molecule has 0 bridgehead atoms. The average Bonchev–Trinajstić information content (AvgIpc) is 3.24. The van der Waals surface area contributed by atoms with Crippen LogP contribution in [0.5, 0.6) is 5.75 Å². The minimum atomic E-state index is -3.94. The summed E-state index contributed by atoms with van der Waals surface area (Å²) in [5.74, 6) is 0.632. The Morgan fingerprint density at radius 3 is 2.39 bits per heavy atom. The van der Waals surface area contributed by atoms with Crippen molar-refractivity contribution in [1.29, 1.82) is 0 Å². The summed E-state index contributed by atoms with van der Waals surface area (Å²) in [6.07, 6.45) is 3.42. The fourth-order valence-corrected chi connectivity index (χ4v) is 6.40. The monoisotopic (exact) mass is 654 g/mol. The molecule has 0 N–H and O–H groups in total. The van der Waals surface area contributed by atoms with Crippen molar-refractivity contribution < 1.29 is 17.9 Å². The lowest BCUT2D eigenvalue weighted by Gasteiger charge is -2.11. The second kappa shape index (κ2) is 11.0. The molecule has 0 radical (unpaired) electrons. The quantitative estimate of drug-likeness (QED) is 0.173. The van der Waals surface area contributed by atoms with E-state index >= 15 is 0 Å². The summed E-state index contributed by atoms with van der Waals surface area (Å²) in [4.78, 5) is 4.81. The van der Waals surface area contributed by atoms with E-state index in [9.17, 15) is 8.42 Å². The van der Waals surface area contributed by atoms with Crippen molar-refractivity contribution in [2.75, 3.05) is 7.11 Å². The molecular weight excluding hydrogens is 632 g/mol. The van der Waals surface area contributed by atoms with Crippen molar-refractivity contribution in [2.24, 2.45) is 0 Å². The van der Waals surface area contributed by atoms with E-state index in [2.05, 4.69) is 36.8 Å². The van der Waals surface area contributed by atoms with Gasteiger partial charge in [0.2, 0.25) is 0 Å². The van der Waals surface area contributed by atoms with Gasteiger partial charge in [0.1, 0.15) is 12.4 Å². The van der Waals surface area contributed by atoms with Crippen molar-refractivity contribution in [3.63, 3.8) is 0 Å². The Bertz CT molecular complexity index is 1760. The summed E-state index contributed by atoms with van der Waals surface area (Å²) in [7, 11) is -2.34. The van der Waals surface area contributed by atoms with E-state index in [4.69, 9.17) is 9.47 Å². The topological polar surface area (TPSA) is 70.4 Å². The minimum absolute atomic E-state index is 0.201. The number of rotatable bonds is 8. The maximum Gasteiger partial charge on any atom is 0.268 e.